The number of carbonyl (C=O) groups excluding carboxylic acids is 2. The molecule has 1 heterocycles. The minimum absolute atomic E-state index is 0.142. The predicted molar refractivity (Wildman–Crippen MR) is 89.9 cm³/mol. The highest BCUT2D eigenvalue weighted by atomic mass is 16.5. The molecule has 0 aliphatic carbocycles. The highest BCUT2D eigenvalue weighted by Gasteiger charge is 2.15. The van der Waals surface area contributed by atoms with E-state index in [0.29, 0.717) is 19.4 Å². The lowest BCUT2D eigenvalue weighted by Gasteiger charge is -2.27. The van der Waals surface area contributed by atoms with Crippen molar-refractivity contribution in [2.45, 2.75) is 32.6 Å². The van der Waals surface area contributed by atoms with Gasteiger partial charge in [-0.15, -0.1) is 0 Å². The van der Waals surface area contributed by atoms with Crippen LogP contribution < -0.4 is 10.1 Å². The number of Topliss-reactive ketones (excluding diaryl/α,β-unsaturated/α-hetero) is 1. The normalized spacial score (nSPS) is 14.6. The van der Waals surface area contributed by atoms with Crippen LogP contribution in [0.5, 0.6) is 5.75 Å². The highest BCUT2D eigenvalue weighted by Crippen LogP contribution is 2.14. The number of amides is 1. The van der Waals surface area contributed by atoms with Crippen LogP contribution in [0.3, 0.4) is 0 Å². The van der Waals surface area contributed by atoms with Crippen molar-refractivity contribution in [2.24, 2.45) is 0 Å². The molecule has 0 bridgehead atoms. The minimum atomic E-state index is 0.142. The maximum atomic E-state index is 12.0. The number of hydrogen-bond donors (Lipinski definition) is 1. The molecule has 5 nitrogen and oxygen atoms in total. The van der Waals surface area contributed by atoms with Crippen LogP contribution in [0.1, 0.15) is 43.0 Å². The number of ether oxygens (including phenoxy) is 1. The van der Waals surface area contributed by atoms with Crippen molar-refractivity contribution in [2.75, 3.05) is 32.8 Å². The number of piperazine rings is 1. The zero-order chi connectivity index (χ0) is 16.5. The first-order valence-corrected chi connectivity index (χ1v) is 8.45. The van der Waals surface area contributed by atoms with Crippen LogP contribution in [0.2, 0.25) is 0 Å². The Balaban J connectivity index is 1.61. The largest absolute Gasteiger partial charge is 0.494 e. The van der Waals surface area contributed by atoms with E-state index in [1.807, 2.05) is 24.0 Å². The zero-order valence-electron chi connectivity index (χ0n) is 13.8. The van der Waals surface area contributed by atoms with E-state index in [-0.39, 0.29) is 11.7 Å². The van der Waals surface area contributed by atoms with E-state index in [0.717, 1.165) is 50.3 Å². The fraction of sp³-hybridized carbons (Fsp3) is 0.556. The first kappa shape index (κ1) is 17.5. The van der Waals surface area contributed by atoms with Crippen molar-refractivity contribution in [3.05, 3.63) is 29.8 Å². The third kappa shape index (κ3) is 5.67. The van der Waals surface area contributed by atoms with Gasteiger partial charge in [0.2, 0.25) is 5.91 Å². The monoisotopic (exact) mass is 318 g/mol. The van der Waals surface area contributed by atoms with Crippen LogP contribution in [-0.2, 0) is 4.79 Å². The molecular weight excluding hydrogens is 292 g/mol. The summed E-state index contributed by atoms with van der Waals surface area (Å²) in [7, 11) is 0. The molecule has 1 aliphatic rings. The van der Waals surface area contributed by atoms with Gasteiger partial charge in [-0.2, -0.15) is 0 Å². The van der Waals surface area contributed by atoms with Gasteiger partial charge in [-0.1, -0.05) is 6.92 Å². The second-order valence-corrected chi connectivity index (χ2v) is 5.74. The molecule has 0 aromatic heterocycles. The van der Waals surface area contributed by atoms with E-state index >= 15 is 0 Å². The zero-order valence-corrected chi connectivity index (χ0v) is 13.8. The van der Waals surface area contributed by atoms with Crippen molar-refractivity contribution in [1.82, 2.24) is 10.2 Å². The molecule has 5 heteroatoms. The van der Waals surface area contributed by atoms with Crippen LogP contribution in [0.15, 0.2) is 24.3 Å². The first-order chi connectivity index (χ1) is 11.2. The van der Waals surface area contributed by atoms with Crippen molar-refractivity contribution in [1.29, 1.82) is 0 Å². The topological polar surface area (TPSA) is 58.6 Å². The second kappa shape index (κ2) is 9.30. The SMILES string of the molecule is CCC(=O)c1ccc(OCCCCC(=O)N2CCNCC2)cc1. The summed E-state index contributed by atoms with van der Waals surface area (Å²) in [5.74, 6) is 1.16. The van der Waals surface area contributed by atoms with Crippen LogP contribution in [0.25, 0.3) is 0 Å². The van der Waals surface area contributed by atoms with E-state index in [9.17, 15) is 9.59 Å². The summed E-state index contributed by atoms with van der Waals surface area (Å²) in [6.07, 6.45) is 2.80. The summed E-state index contributed by atoms with van der Waals surface area (Å²) in [4.78, 5) is 25.5. The quantitative estimate of drug-likeness (QED) is 0.590. The average Bonchev–Trinajstić information content (AvgIpc) is 2.62. The summed E-state index contributed by atoms with van der Waals surface area (Å²) in [6.45, 7) is 5.87. The van der Waals surface area contributed by atoms with Crippen molar-refractivity contribution < 1.29 is 14.3 Å². The summed E-state index contributed by atoms with van der Waals surface area (Å²) in [5.41, 5.74) is 0.724. The molecule has 1 aliphatic heterocycles. The van der Waals surface area contributed by atoms with Gasteiger partial charge in [0.15, 0.2) is 5.78 Å². The maximum absolute atomic E-state index is 12.0. The molecule has 1 aromatic rings. The van der Waals surface area contributed by atoms with Gasteiger partial charge in [-0.25, -0.2) is 0 Å². The Bertz CT molecular complexity index is 508. The molecule has 0 unspecified atom stereocenters. The summed E-state index contributed by atoms with van der Waals surface area (Å²) < 4.78 is 5.66. The van der Waals surface area contributed by atoms with Crippen LogP contribution in [-0.4, -0.2) is 49.4 Å². The number of benzene rings is 1. The van der Waals surface area contributed by atoms with Gasteiger partial charge in [0, 0.05) is 44.6 Å². The van der Waals surface area contributed by atoms with Gasteiger partial charge in [-0.05, 0) is 37.1 Å². The smallest absolute Gasteiger partial charge is 0.222 e. The first-order valence-electron chi connectivity index (χ1n) is 8.45. The molecule has 1 saturated heterocycles. The molecule has 0 spiro atoms. The van der Waals surface area contributed by atoms with Gasteiger partial charge in [0.25, 0.3) is 0 Å². The Morgan fingerprint density at radius 2 is 1.83 bits per heavy atom. The van der Waals surface area contributed by atoms with Gasteiger partial charge in [0.05, 0.1) is 6.61 Å². The van der Waals surface area contributed by atoms with E-state index in [4.69, 9.17) is 4.74 Å². The Kier molecular flexibility index (Phi) is 7.07. The van der Waals surface area contributed by atoms with Crippen molar-refractivity contribution >= 4 is 11.7 Å². The van der Waals surface area contributed by atoms with Gasteiger partial charge in [-0.3, -0.25) is 9.59 Å². The second-order valence-electron chi connectivity index (χ2n) is 5.74. The van der Waals surface area contributed by atoms with Gasteiger partial charge in [0.1, 0.15) is 5.75 Å². The number of unbranched alkanes of at least 4 members (excludes halogenated alkanes) is 1. The summed E-state index contributed by atoms with van der Waals surface area (Å²) >= 11 is 0. The molecule has 1 N–H and O–H groups in total. The Hall–Kier alpha value is -1.88. The third-order valence-corrected chi connectivity index (χ3v) is 4.02. The van der Waals surface area contributed by atoms with Crippen LogP contribution in [0.4, 0.5) is 0 Å². The van der Waals surface area contributed by atoms with Crippen LogP contribution in [0, 0.1) is 0 Å². The molecule has 0 radical (unpaired) electrons. The number of carbonyl (C=O) groups is 2. The van der Waals surface area contributed by atoms with Gasteiger partial charge < -0.3 is 15.0 Å². The van der Waals surface area contributed by atoms with Crippen molar-refractivity contribution in [3.63, 3.8) is 0 Å². The van der Waals surface area contributed by atoms with Gasteiger partial charge >= 0.3 is 0 Å². The maximum Gasteiger partial charge on any atom is 0.222 e. The van der Waals surface area contributed by atoms with Crippen LogP contribution >= 0.6 is 0 Å². The molecule has 126 valence electrons. The third-order valence-electron chi connectivity index (χ3n) is 4.02. The molecule has 0 atom stereocenters. The Morgan fingerprint density at radius 1 is 1.13 bits per heavy atom. The average molecular weight is 318 g/mol. The summed E-state index contributed by atoms with van der Waals surface area (Å²) in [5, 5.41) is 3.24. The molecule has 23 heavy (non-hydrogen) atoms. The van der Waals surface area contributed by atoms with E-state index in [2.05, 4.69) is 5.32 Å². The molecular formula is C18H26N2O3. The molecule has 2 rings (SSSR count). The highest BCUT2D eigenvalue weighted by molar-refractivity contribution is 5.95. The fourth-order valence-corrected chi connectivity index (χ4v) is 2.58. The number of hydrogen-bond acceptors (Lipinski definition) is 4. The van der Waals surface area contributed by atoms with E-state index in [1.165, 1.54) is 0 Å². The molecule has 1 amide bonds. The number of rotatable bonds is 8. The fourth-order valence-electron chi connectivity index (χ4n) is 2.58. The number of nitrogens with zero attached hydrogens (tertiary/aromatic N) is 1. The van der Waals surface area contributed by atoms with E-state index < -0.39 is 0 Å². The predicted octanol–water partition coefficient (Wildman–Crippen LogP) is 2.26. The molecule has 0 saturated carbocycles. The minimum Gasteiger partial charge on any atom is -0.494 e. The van der Waals surface area contributed by atoms with Crippen molar-refractivity contribution in [3.8, 4) is 5.75 Å². The Morgan fingerprint density at radius 3 is 2.48 bits per heavy atom. The lowest BCUT2D eigenvalue weighted by atomic mass is 10.1. The number of nitrogens with one attached hydrogen (secondary N) is 1. The molecule has 1 aromatic carbocycles. The van der Waals surface area contributed by atoms with E-state index in [1.54, 1.807) is 12.1 Å². The lowest BCUT2D eigenvalue weighted by molar-refractivity contribution is -0.131. The summed E-state index contributed by atoms with van der Waals surface area (Å²) in [6, 6.07) is 7.26. The molecule has 1 fully saturated rings. The standard InChI is InChI=1S/C18H26N2O3/c1-2-17(21)15-6-8-16(9-7-15)23-14-4-3-5-18(22)20-12-10-19-11-13-20/h6-9,19H,2-5,10-14H2,1H3. The Labute approximate surface area is 138 Å². The number of ketones is 1. The lowest BCUT2D eigenvalue weighted by Crippen LogP contribution is -2.46.